The minimum absolute atomic E-state index is 0.105. The second-order valence-corrected chi connectivity index (χ2v) is 7.16. The van der Waals surface area contributed by atoms with Gasteiger partial charge < -0.3 is 19.9 Å². The molecule has 0 aliphatic carbocycles. The van der Waals surface area contributed by atoms with Gasteiger partial charge in [-0.3, -0.25) is 4.79 Å². The fraction of sp³-hybridized carbons (Fsp3) is 0.261. The van der Waals surface area contributed by atoms with Gasteiger partial charge in [-0.05, 0) is 31.2 Å². The van der Waals surface area contributed by atoms with Crippen LogP contribution in [0.2, 0.25) is 0 Å². The third kappa shape index (κ3) is 5.05. The molecule has 3 aromatic rings. The molecule has 0 bridgehead atoms. The van der Waals surface area contributed by atoms with Crippen molar-refractivity contribution in [3.63, 3.8) is 0 Å². The van der Waals surface area contributed by atoms with Gasteiger partial charge in [0.05, 0.1) is 0 Å². The van der Waals surface area contributed by atoms with E-state index in [0.717, 1.165) is 37.6 Å². The van der Waals surface area contributed by atoms with Crippen LogP contribution in [0.3, 0.4) is 0 Å². The Labute approximate surface area is 176 Å². The third-order valence-corrected chi connectivity index (χ3v) is 4.91. The molecule has 1 amide bonds. The van der Waals surface area contributed by atoms with Crippen LogP contribution in [-0.2, 0) is 4.79 Å². The highest BCUT2D eigenvalue weighted by atomic mass is 16.5. The number of aryl methyl sites for hydroxylation is 1. The van der Waals surface area contributed by atoms with Gasteiger partial charge in [-0.15, -0.1) is 0 Å². The standard InChI is InChI=1S/C23H25N5O2/c1-18-16-22(30-17-21(29)25-19-8-4-2-5-9-19)26-23(24-18)28-14-12-27(13-15-28)20-10-6-3-7-11-20/h2-11,16H,12-15,17H2,1H3,(H,25,29). The summed E-state index contributed by atoms with van der Waals surface area (Å²) in [7, 11) is 0. The number of carbonyl (C=O) groups excluding carboxylic acids is 1. The van der Waals surface area contributed by atoms with Crippen LogP contribution in [0.5, 0.6) is 5.88 Å². The maximum absolute atomic E-state index is 12.1. The van der Waals surface area contributed by atoms with Gasteiger partial charge in [0, 0.05) is 49.3 Å². The highest BCUT2D eigenvalue weighted by Crippen LogP contribution is 2.20. The van der Waals surface area contributed by atoms with Crippen molar-refractivity contribution in [2.45, 2.75) is 6.92 Å². The Bertz CT molecular complexity index is 973. The van der Waals surface area contributed by atoms with Crippen molar-refractivity contribution in [1.82, 2.24) is 9.97 Å². The molecule has 1 aromatic heterocycles. The van der Waals surface area contributed by atoms with E-state index in [1.807, 2.05) is 43.3 Å². The topological polar surface area (TPSA) is 70.6 Å². The first kappa shape index (κ1) is 19.7. The van der Waals surface area contributed by atoms with Gasteiger partial charge in [0.1, 0.15) is 0 Å². The van der Waals surface area contributed by atoms with Crippen LogP contribution in [0.1, 0.15) is 5.69 Å². The Morgan fingerprint density at radius 2 is 1.57 bits per heavy atom. The van der Waals surface area contributed by atoms with Gasteiger partial charge in [-0.1, -0.05) is 36.4 Å². The molecule has 0 radical (unpaired) electrons. The highest BCUT2D eigenvalue weighted by molar-refractivity contribution is 5.91. The van der Waals surface area contributed by atoms with Crippen LogP contribution in [-0.4, -0.2) is 48.7 Å². The van der Waals surface area contributed by atoms with Crippen molar-refractivity contribution >= 4 is 23.2 Å². The minimum Gasteiger partial charge on any atom is -0.467 e. The second kappa shape index (κ2) is 9.26. The zero-order valence-corrected chi connectivity index (χ0v) is 17.0. The van der Waals surface area contributed by atoms with Crippen LogP contribution in [0.4, 0.5) is 17.3 Å². The van der Waals surface area contributed by atoms with Crippen molar-refractivity contribution in [2.24, 2.45) is 0 Å². The van der Waals surface area contributed by atoms with Gasteiger partial charge in [-0.25, -0.2) is 4.98 Å². The summed E-state index contributed by atoms with van der Waals surface area (Å²) in [6.45, 7) is 5.25. The molecule has 2 aromatic carbocycles. The monoisotopic (exact) mass is 403 g/mol. The van der Waals surface area contributed by atoms with Crippen molar-refractivity contribution in [2.75, 3.05) is 47.9 Å². The van der Waals surface area contributed by atoms with E-state index in [9.17, 15) is 4.79 Å². The fourth-order valence-corrected chi connectivity index (χ4v) is 3.40. The first-order valence-corrected chi connectivity index (χ1v) is 10.1. The zero-order chi connectivity index (χ0) is 20.8. The summed E-state index contributed by atoms with van der Waals surface area (Å²) in [5, 5.41) is 2.80. The van der Waals surface area contributed by atoms with Gasteiger partial charge in [0.15, 0.2) is 6.61 Å². The molecule has 4 rings (SSSR count). The molecular weight excluding hydrogens is 378 g/mol. The predicted octanol–water partition coefficient (Wildman–Crippen LogP) is 3.13. The van der Waals surface area contributed by atoms with E-state index < -0.39 is 0 Å². The van der Waals surface area contributed by atoms with Crippen LogP contribution in [0.25, 0.3) is 0 Å². The van der Waals surface area contributed by atoms with Crippen molar-refractivity contribution < 1.29 is 9.53 Å². The number of nitrogens with one attached hydrogen (secondary N) is 1. The third-order valence-electron chi connectivity index (χ3n) is 4.91. The molecule has 7 heteroatoms. The molecule has 0 saturated carbocycles. The number of ether oxygens (including phenoxy) is 1. The number of benzene rings is 2. The molecule has 30 heavy (non-hydrogen) atoms. The van der Waals surface area contributed by atoms with Crippen molar-refractivity contribution in [1.29, 1.82) is 0 Å². The van der Waals surface area contributed by atoms with Crippen LogP contribution >= 0.6 is 0 Å². The van der Waals surface area contributed by atoms with E-state index in [2.05, 4.69) is 49.4 Å². The molecule has 154 valence electrons. The van der Waals surface area contributed by atoms with Crippen LogP contribution < -0.4 is 19.9 Å². The van der Waals surface area contributed by atoms with Crippen LogP contribution in [0.15, 0.2) is 66.7 Å². The summed E-state index contributed by atoms with van der Waals surface area (Å²) in [6.07, 6.45) is 0. The molecule has 1 saturated heterocycles. The van der Waals surface area contributed by atoms with Gasteiger partial charge >= 0.3 is 0 Å². The number of carbonyl (C=O) groups is 1. The largest absolute Gasteiger partial charge is 0.467 e. The van der Waals surface area contributed by atoms with E-state index in [4.69, 9.17) is 4.74 Å². The second-order valence-electron chi connectivity index (χ2n) is 7.16. The number of hydrogen-bond donors (Lipinski definition) is 1. The number of para-hydroxylation sites is 2. The van der Waals surface area contributed by atoms with E-state index in [-0.39, 0.29) is 12.5 Å². The number of aromatic nitrogens is 2. The maximum Gasteiger partial charge on any atom is 0.262 e. The molecular formula is C23H25N5O2. The zero-order valence-electron chi connectivity index (χ0n) is 17.0. The quantitative estimate of drug-likeness (QED) is 0.682. The van der Waals surface area contributed by atoms with Gasteiger partial charge in [0.25, 0.3) is 5.91 Å². The molecule has 1 aliphatic rings. The molecule has 0 spiro atoms. The SMILES string of the molecule is Cc1cc(OCC(=O)Nc2ccccc2)nc(N2CCN(c3ccccc3)CC2)n1. The first-order valence-electron chi connectivity index (χ1n) is 10.1. The lowest BCUT2D eigenvalue weighted by Crippen LogP contribution is -2.47. The average Bonchev–Trinajstić information content (AvgIpc) is 2.79. The summed E-state index contributed by atoms with van der Waals surface area (Å²) in [5.74, 6) is 0.822. The number of piperazine rings is 1. The number of anilines is 3. The molecule has 0 unspecified atom stereocenters. The number of amides is 1. The average molecular weight is 403 g/mol. The predicted molar refractivity (Wildman–Crippen MR) is 118 cm³/mol. The lowest BCUT2D eigenvalue weighted by Gasteiger charge is -2.36. The highest BCUT2D eigenvalue weighted by Gasteiger charge is 2.20. The minimum atomic E-state index is -0.226. The summed E-state index contributed by atoms with van der Waals surface area (Å²) >= 11 is 0. The lowest BCUT2D eigenvalue weighted by molar-refractivity contribution is -0.118. The van der Waals surface area contributed by atoms with E-state index in [1.54, 1.807) is 6.07 Å². The van der Waals surface area contributed by atoms with Crippen molar-refractivity contribution in [3.05, 3.63) is 72.4 Å². The molecule has 1 fully saturated rings. The molecule has 1 aliphatic heterocycles. The Kier molecular flexibility index (Phi) is 6.08. The first-order chi connectivity index (χ1) is 14.7. The fourth-order valence-electron chi connectivity index (χ4n) is 3.40. The van der Waals surface area contributed by atoms with E-state index >= 15 is 0 Å². The summed E-state index contributed by atoms with van der Waals surface area (Å²) in [5.41, 5.74) is 2.78. The molecule has 1 N–H and O–H groups in total. The molecule has 7 nitrogen and oxygen atoms in total. The molecule has 0 atom stereocenters. The number of nitrogens with zero attached hydrogens (tertiary/aromatic N) is 4. The van der Waals surface area contributed by atoms with Gasteiger partial charge in [0.2, 0.25) is 11.8 Å². The smallest absolute Gasteiger partial charge is 0.262 e. The Hall–Kier alpha value is -3.61. The number of hydrogen-bond acceptors (Lipinski definition) is 6. The van der Waals surface area contributed by atoms with E-state index in [1.165, 1.54) is 5.69 Å². The normalized spacial score (nSPS) is 13.8. The summed E-state index contributed by atoms with van der Waals surface area (Å²) in [4.78, 5) is 25.7. The Balaban J connectivity index is 1.35. The maximum atomic E-state index is 12.1. The van der Waals surface area contributed by atoms with E-state index in [0.29, 0.717) is 11.8 Å². The number of rotatable bonds is 6. The molecule has 2 heterocycles. The van der Waals surface area contributed by atoms with Crippen molar-refractivity contribution in [3.8, 4) is 5.88 Å². The summed E-state index contributed by atoms with van der Waals surface area (Å²) < 4.78 is 5.64. The summed E-state index contributed by atoms with van der Waals surface area (Å²) in [6, 6.07) is 21.5. The van der Waals surface area contributed by atoms with Crippen LogP contribution in [0, 0.1) is 6.92 Å². The van der Waals surface area contributed by atoms with Gasteiger partial charge in [-0.2, -0.15) is 4.98 Å². The lowest BCUT2D eigenvalue weighted by atomic mass is 10.2. The Morgan fingerprint density at radius 1 is 0.933 bits per heavy atom. The Morgan fingerprint density at radius 3 is 2.27 bits per heavy atom.